The number of nitrogens with zero attached hydrogens (tertiary/aromatic N) is 2. The molecule has 0 fully saturated rings. The van der Waals surface area contributed by atoms with Gasteiger partial charge in [0.1, 0.15) is 5.82 Å². The largest absolute Gasteiger partial charge is 0.355 e. The molecule has 1 aromatic heterocycles. The standard InChI is InChI=1S/C18H25N3/c1-4-17(19)11-15-8-9-18(20-12-15)21(3)13-16-7-5-6-14(2)10-16/h5-10,12,17H,4,11,13,19H2,1-3H3. The van der Waals surface area contributed by atoms with E-state index in [2.05, 4.69) is 67.2 Å². The minimum absolute atomic E-state index is 0.225. The van der Waals surface area contributed by atoms with Gasteiger partial charge in [-0.3, -0.25) is 0 Å². The quantitative estimate of drug-likeness (QED) is 0.884. The fourth-order valence-electron chi connectivity index (χ4n) is 2.38. The number of anilines is 1. The van der Waals surface area contributed by atoms with Gasteiger partial charge in [0.15, 0.2) is 0 Å². The Kier molecular flexibility index (Phi) is 5.34. The van der Waals surface area contributed by atoms with Crippen molar-refractivity contribution in [2.75, 3.05) is 11.9 Å². The second kappa shape index (κ2) is 7.23. The van der Waals surface area contributed by atoms with Crippen LogP contribution in [0.3, 0.4) is 0 Å². The Labute approximate surface area is 127 Å². The molecular weight excluding hydrogens is 258 g/mol. The first-order chi connectivity index (χ1) is 10.1. The van der Waals surface area contributed by atoms with Crippen LogP contribution in [0.2, 0.25) is 0 Å². The Bertz CT molecular complexity index is 563. The summed E-state index contributed by atoms with van der Waals surface area (Å²) < 4.78 is 0. The van der Waals surface area contributed by atoms with E-state index in [1.165, 1.54) is 16.7 Å². The molecule has 1 unspecified atom stereocenters. The summed E-state index contributed by atoms with van der Waals surface area (Å²) in [4.78, 5) is 6.72. The first kappa shape index (κ1) is 15.5. The van der Waals surface area contributed by atoms with Crippen molar-refractivity contribution in [3.63, 3.8) is 0 Å². The number of hydrogen-bond donors (Lipinski definition) is 1. The van der Waals surface area contributed by atoms with Gasteiger partial charge in [-0.15, -0.1) is 0 Å². The Balaban J connectivity index is 2.01. The Morgan fingerprint density at radius 1 is 1.19 bits per heavy atom. The van der Waals surface area contributed by atoms with Crippen molar-refractivity contribution in [2.24, 2.45) is 5.73 Å². The zero-order valence-corrected chi connectivity index (χ0v) is 13.2. The maximum Gasteiger partial charge on any atom is 0.128 e. The van der Waals surface area contributed by atoms with Gasteiger partial charge < -0.3 is 10.6 Å². The summed E-state index contributed by atoms with van der Waals surface area (Å²) in [6.45, 7) is 5.10. The lowest BCUT2D eigenvalue weighted by atomic mass is 10.1. The normalized spacial score (nSPS) is 12.2. The van der Waals surface area contributed by atoms with Crippen molar-refractivity contribution in [1.29, 1.82) is 0 Å². The molecule has 2 N–H and O–H groups in total. The lowest BCUT2D eigenvalue weighted by Crippen LogP contribution is -2.22. The van der Waals surface area contributed by atoms with E-state index in [-0.39, 0.29) is 6.04 Å². The summed E-state index contributed by atoms with van der Waals surface area (Å²) in [5.74, 6) is 0.991. The van der Waals surface area contributed by atoms with Crippen molar-refractivity contribution >= 4 is 5.82 Å². The van der Waals surface area contributed by atoms with Gasteiger partial charge in [0.25, 0.3) is 0 Å². The summed E-state index contributed by atoms with van der Waals surface area (Å²) in [5, 5.41) is 0. The fourth-order valence-corrected chi connectivity index (χ4v) is 2.38. The van der Waals surface area contributed by atoms with E-state index >= 15 is 0 Å². The Hall–Kier alpha value is -1.87. The number of aryl methyl sites for hydroxylation is 1. The molecule has 1 heterocycles. The third-order valence-corrected chi connectivity index (χ3v) is 3.72. The van der Waals surface area contributed by atoms with Crippen LogP contribution in [-0.4, -0.2) is 18.1 Å². The number of benzene rings is 1. The fraction of sp³-hybridized carbons (Fsp3) is 0.389. The van der Waals surface area contributed by atoms with Gasteiger partial charge in [-0.05, 0) is 37.0 Å². The maximum atomic E-state index is 5.98. The van der Waals surface area contributed by atoms with Gasteiger partial charge in [0.2, 0.25) is 0 Å². The molecule has 0 amide bonds. The molecule has 21 heavy (non-hydrogen) atoms. The lowest BCUT2D eigenvalue weighted by Gasteiger charge is -2.19. The molecule has 2 rings (SSSR count). The predicted octanol–water partition coefficient (Wildman–Crippen LogP) is 3.31. The van der Waals surface area contributed by atoms with Crippen molar-refractivity contribution < 1.29 is 0 Å². The summed E-state index contributed by atoms with van der Waals surface area (Å²) >= 11 is 0. The average molecular weight is 283 g/mol. The predicted molar refractivity (Wildman–Crippen MR) is 89.5 cm³/mol. The zero-order chi connectivity index (χ0) is 15.2. The number of aromatic nitrogens is 1. The van der Waals surface area contributed by atoms with Crippen LogP contribution in [-0.2, 0) is 13.0 Å². The van der Waals surface area contributed by atoms with E-state index in [0.717, 1.165) is 25.2 Å². The third kappa shape index (κ3) is 4.57. The topological polar surface area (TPSA) is 42.1 Å². The molecule has 0 bridgehead atoms. The van der Waals surface area contributed by atoms with Crippen LogP contribution in [0.1, 0.15) is 30.0 Å². The number of nitrogens with two attached hydrogens (primary N) is 1. The molecule has 1 atom stereocenters. The van der Waals surface area contributed by atoms with Crippen LogP contribution >= 0.6 is 0 Å². The molecule has 0 aliphatic rings. The zero-order valence-electron chi connectivity index (χ0n) is 13.2. The van der Waals surface area contributed by atoms with Gasteiger partial charge in [-0.1, -0.05) is 42.8 Å². The van der Waals surface area contributed by atoms with Crippen LogP contribution < -0.4 is 10.6 Å². The summed E-state index contributed by atoms with van der Waals surface area (Å²) in [6.07, 6.45) is 3.83. The van der Waals surface area contributed by atoms with Gasteiger partial charge in [0, 0.05) is 25.8 Å². The number of pyridine rings is 1. The highest BCUT2D eigenvalue weighted by Gasteiger charge is 2.06. The summed E-state index contributed by atoms with van der Waals surface area (Å²) in [7, 11) is 2.07. The van der Waals surface area contributed by atoms with E-state index in [1.54, 1.807) is 0 Å². The molecule has 0 radical (unpaired) electrons. The van der Waals surface area contributed by atoms with E-state index in [9.17, 15) is 0 Å². The summed E-state index contributed by atoms with van der Waals surface area (Å²) in [5.41, 5.74) is 9.78. The lowest BCUT2D eigenvalue weighted by molar-refractivity contribution is 0.645. The van der Waals surface area contributed by atoms with Crippen LogP contribution in [0, 0.1) is 6.92 Å². The van der Waals surface area contributed by atoms with Crippen LogP contribution in [0.15, 0.2) is 42.6 Å². The van der Waals surface area contributed by atoms with E-state index in [4.69, 9.17) is 5.73 Å². The molecule has 0 aliphatic carbocycles. The van der Waals surface area contributed by atoms with Crippen molar-refractivity contribution in [3.05, 3.63) is 59.3 Å². The monoisotopic (exact) mass is 283 g/mol. The molecule has 0 saturated carbocycles. The van der Waals surface area contributed by atoms with Crippen LogP contribution in [0.4, 0.5) is 5.82 Å². The molecule has 0 spiro atoms. The first-order valence-corrected chi connectivity index (χ1v) is 7.55. The second-order valence-corrected chi connectivity index (χ2v) is 5.74. The highest BCUT2D eigenvalue weighted by atomic mass is 15.2. The highest BCUT2D eigenvalue weighted by molar-refractivity contribution is 5.40. The molecule has 3 nitrogen and oxygen atoms in total. The molecular formula is C18H25N3. The van der Waals surface area contributed by atoms with Gasteiger partial charge in [-0.25, -0.2) is 4.98 Å². The van der Waals surface area contributed by atoms with E-state index in [1.807, 2.05) is 6.20 Å². The Morgan fingerprint density at radius 2 is 2.00 bits per heavy atom. The first-order valence-electron chi connectivity index (χ1n) is 7.55. The number of rotatable bonds is 6. The van der Waals surface area contributed by atoms with E-state index in [0.29, 0.717) is 0 Å². The smallest absolute Gasteiger partial charge is 0.128 e. The van der Waals surface area contributed by atoms with Crippen LogP contribution in [0.5, 0.6) is 0 Å². The minimum Gasteiger partial charge on any atom is -0.355 e. The van der Waals surface area contributed by atoms with Gasteiger partial charge >= 0.3 is 0 Å². The van der Waals surface area contributed by atoms with Crippen molar-refractivity contribution in [1.82, 2.24) is 4.98 Å². The molecule has 3 heteroatoms. The number of hydrogen-bond acceptors (Lipinski definition) is 3. The highest BCUT2D eigenvalue weighted by Crippen LogP contribution is 2.15. The van der Waals surface area contributed by atoms with Gasteiger partial charge in [-0.2, -0.15) is 0 Å². The van der Waals surface area contributed by atoms with Crippen LogP contribution in [0.25, 0.3) is 0 Å². The molecule has 0 aliphatic heterocycles. The average Bonchev–Trinajstić information content (AvgIpc) is 2.47. The minimum atomic E-state index is 0.225. The maximum absolute atomic E-state index is 5.98. The molecule has 112 valence electrons. The van der Waals surface area contributed by atoms with E-state index < -0.39 is 0 Å². The molecule has 1 aromatic carbocycles. The molecule has 2 aromatic rings. The van der Waals surface area contributed by atoms with Crippen molar-refractivity contribution in [2.45, 2.75) is 39.3 Å². The Morgan fingerprint density at radius 3 is 2.62 bits per heavy atom. The summed E-state index contributed by atoms with van der Waals surface area (Å²) in [6, 6.07) is 13.0. The van der Waals surface area contributed by atoms with Crippen molar-refractivity contribution in [3.8, 4) is 0 Å². The van der Waals surface area contributed by atoms with Gasteiger partial charge in [0.05, 0.1) is 0 Å². The third-order valence-electron chi connectivity index (χ3n) is 3.72. The second-order valence-electron chi connectivity index (χ2n) is 5.74. The molecule has 0 saturated heterocycles. The SMILES string of the molecule is CCC(N)Cc1ccc(N(C)Cc2cccc(C)c2)nc1.